The SMILES string of the molecule is COc1ccc2nc(SCC3CCCCO3)[nH]c2c1. The third-order valence-electron chi connectivity index (χ3n) is 3.35. The van der Waals surface area contributed by atoms with E-state index in [4.69, 9.17) is 9.47 Å². The maximum Gasteiger partial charge on any atom is 0.166 e. The Morgan fingerprint density at radius 2 is 2.42 bits per heavy atom. The second-order valence-electron chi connectivity index (χ2n) is 4.72. The average Bonchev–Trinajstić information content (AvgIpc) is 2.88. The van der Waals surface area contributed by atoms with Crippen LogP contribution in [-0.2, 0) is 4.74 Å². The molecule has 0 bridgehead atoms. The molecule has 3 rings (SSSR count). The summed E-state index contributed by atoms with van der Waals surface area (Å²) < 4.78 is 10.9. The number of aromatic amines is 1. The average molecular weight is 278 g/mol. The van der Waals surface area contributed by atoms with Crippen molar-refractivity contribution in [2.45, 2.75) is 30.5 Å². The first-order valence-corrected chi connectivity index (χ1v) is 7.62. The first-order chi connectivity index (χ1) is 9.35. The largest absolute Gasteiger partial charge is 0.497 e. The lowest BCUT2D eigenvalue weighted by Crippen LogP contribution is -2.21. The third-order valence-corrected chi connectivity index (χ3v) is 4.35. The lowest BCUT2D eigenvalue weighted by molar-refractivity contribution is 0.0315. The van der Waals surface area contributed by atoms with Gasteiger partial charge >= 0.3 is 0 Å². The van der Waals surface area contributed by atoms with Crippen LogP contribution in [0.15, 0.2) is 23.4 Å². The molecule has 4 nitrogen and oxygen atoms in total. The van der Waals surface area contributed by atoms with Gasteiger partial charge in [0.25, 0.3) is 0 Å². The minimum Gasteiger partial charge on any atom is -0.497 e. The number of hydrogen-bond acceptors (Lipinski definition) is 4. The van der Waals surface area contributed by atoms with Gasteiger partial charge in [0.05, 0.1) is 24.2 Å². The molecule has 1 aliphatic rings. The Morgan fingerprint density at radius 1 is 1.47 bits per heavy atom. The standard InChI is InChI=1S/C14H18N2O2S/c1-17-10-5-6-12-13(8-10)16-14(15-12)19-9-11-4-2-3-7-18-11/h5-6,8,11H,2-4,7,9H2,1H3,(H,15,16). The Balaban J connectivity index is 1.67. The number of methoxy groups -OCH3 is 1. The van der Waals surface area contributed by atoms with Gasteiger partial charge < -0.3 is 14.5 Å². The number of thioether (sulfide) groups is 1. The molecule has 2 heterocycles. The molecule has 1 aromatic carbocycles. The molecule has 1 aromatic heterocycles. The molecule has 1 atom stereocenters. The summed E-state index contributed by atoms with van der Waals surface area (Å²) >= 11 is 1.73. The van der Waals surface area contributed by atoms with E-state index in [-0.39, 0.29) is 0 Å². The third kappa shape index (κ3) is 3.04. The first-order valence-electron chi connectivity index (χ1n) is 6.63. The Hall–Kier alpha value is -1.20. The van der Waals surface area contributed by atoms with Gasteiger partial charge in [-0.2, -0.15) is 0 Å². The summed E-state index contributed by atoms with van der Waals surface area (Å²) in [6, 6.07) is 5.89. The summed E-state index contributed by atoms with van der Waals surface area (Å²) in [6.45, 7) is 0.905. The summed E-state index contributed by atoms with van der Waals surface area (Å²) in [7, 11) is 1.67. The number of fused-ring (bicyclic) bond motifs is 1. The predicted molar refractivity (Wildman–Crippen MR) is 77.0 cm³/mol. The zero-order valence-corrected chi connectivity index (χ0v) is 11.8. The number of rotatable bonds is 4. The summed E-state index contributed by atoms with van der Waals surface area (Å²) in [4.78, 5) is 7.89. The monoisotopic (exact) mass is 278 g/mol. The molecule has 0 radical (unpaired) electrons. The molecule has 102 valence electrons. The Labute approximate surface area is 116 Å². The fourth-order valence-corrected chi connectivity index (χ4v) is 3.22. The molecule has 2 aromatic rings. The minimum atomic E-state index is 0.376. The maximum atomic E-state index is 5.73. The van der Waals surface area contributed by atoms with Gasteiger partial charge in [-0.1, -0.05) is 11.8 Å². The number of imidazole rings is 1. The van der Waals surface area contributed by atoms with Crippen molar-refractivity contribution in [3.8, 4) is 5.75 Å². The molecular formula is C14H18N2O2S. The molecule has 0 saturated carbocycles. The van der Waals surface area contributed by atoms with Crippen LogP contribution in [0, 0.1) is 0 Å². The van der Waals surface area contributed by atoms with Crippen LogP contribution in [0.3, 0.4) is 0 Å². The lowest BCUT2D eigenvalue weighted by Gasteiger charge is -2.21. The highest BCUT2D eigenvalue weighted by molar-refractivity contribution is 7.99. The van der Waals surface area contributed by atoms with E-state index in [0.29, 0.717) is 6.10 Å². The predicted octanol–water partition coefficient (Wildman–Crippen LogP) is 3.23. The van der Waals surface area contributed by atoms with Crippen LogP contribution < -0.4 is 4.74 Å². The van der Waals surface area contributed by atoms with Crippen molar-refractivity contribution in [1.82, 2.24) is 9.97 Å². The van der Waals surface area contributed by atoms with Gasteiger partial charge in [0, 0.05) is 18.4 Å². The molecule has 1 aliphatic heterocycles. The van der Waals surface area contributed by atoms with Crippen LogP contribution in [0.1, 0.15) is 19.3 Å². The highest BCUT2D eigenvalue weighted by Gasteiger charge is 2.15. The van der Waals surface area contributed by atoms with E-state index >= 15 is 0 Å². The number of H-pyrrole nitrogens is 1. The van der Waals surface area contributed by atoms with Gasteiger partial charge in [0.15, 0.2) is 5.16 Å². The minimum absolute atomic E-state index is 0.376. The van der Waals surface area contributed by atoms with Gasteiger partial charge in [-0.05, 0) is 31.4 Å². The number of ether oxygens (including phenoxy) is 2. The van der Waals surface area contributed by atoms with Crippen LogP contribution in [0.4, 0.5) is 0 Å². The number of aromatic nitrogens is 2. The van der Waals surface area contributed by atoms with Crippen molar-refractivity contribution in [1.29, 1.82) is 0 Å². The van der Waals surface area contributed by atoms with Crippen molar-refractivity contribution in [2.75, 3.05) is 19.5 Å². The Bertz CT molecular complexity index is 549. The van der Waals surface area contributed by atoms with Crippen LogP contribution in [0.5, 0.6) is 5.75 Å². The molecular weight excluding hydrogens is 260 g/mol. The Kier molecular flexibility index (Phi) is 3.94. The highest BCUT2D eigenvalue weighted by Crippen LogP contribution is 2.25. The van der Waals surface area contributed by atoms with Gasteiger partial charge in [-0.25, -0.2) is 4.98 Å². The number of nitrogens with one attached hydrogen (secondary N) is 1. The molecule has 1 unspecified atom stereocenters. The summed E-state index contributed by atoms with van der Waals surface area (Å²) in [5.74, 6) is 1.82. The summed E-state index contributed by atoms with van der Waals surface area (Å²) in [5, 5.41) is 0.956. The molecule has 5 heteroatoms. The number of nitrogens with zero attached hydrogens (tertiary/aromatic N) is 1. The molecule has 0 amide bonds. The van der Waals surface area contributed by atoms with E-state index in [1.807, 2.05) is 18.2 Å². The number of benzene rings is 1. The fourth-order valence-electron chi connectivity index (χ4n) is 2.27. The van der Waals surface area contributed by atoms with Crippen LogP contribution >= 0.6 is 11.8 Å². The van der Waals surface area contributed by atoms with Gasteiger partial charge in [0.2, 0.25) is 0 Å². The molecule has 0 aliphatic carbocycles. The van der Waals surface area contributed by atoms with Crippen molar-refractivity contribution in [2.24, 2.45) is 0 Å². The van der Waals surface area contributed by atoms with Crippen molar-refractivity contribution in [3.05, 3.63) is 18.2 Å². The van der Waals surface area contributed by atoms with Gasteiger partial charge in [-0.15, -0.1) is 0 Å². The van der Waals surface area contributed by atoms with E-state index in [9.17, 15) is 0 Å². The molecule has 1 N–H and O–H groups in total. The normalized spacial score (nSPS) is 19.7. The van der Waals surface area contributed by atoms with Crippen molar-refractivity contribution < 1.29 is 9.47 Å². The zero-order chi connectivity index (χ0) is 13.1. The summed E-state index contributed by atoms with van der Waals surface area (Å²) in [6.07, 6.45) is 4.02. The molecule has 19 heavy (non-hydrogen) atoms. The zero-order valence-electron chi connectivity index (χ0n) is 11.0. The lowest BCUT2D eigenvalue weighted by atomic mass is 10.1. The quantitative estimate of drug-likeness (QED) is 0.872. The van der Waals surface area contributed by atoms with E-state index in [0.717, 1.165) is 34.3 Å². The molecule has 1 fully saturated rings. The maximum absolute atomic E-state index is 5.73. The van der Waals surface area contributed by atoms with Crippen molar-refractivity contribution >= 4 is 22.8 Å². The van der Waals surface area contributed by atoms with Gasteiger partial charge in [0.1, 0.15) is 5.75 Å². The van der Waals surface area contributed by atoms with Crippen LogP contribution in [0.25, 0.3) is 11.0 Å². The summed E-state index contributed by atoms with van der Waals surface area (Å²) in [5.41, 5.74) is 2.00. The van der Waals surface area contributed by atoms with E-state index in [2.05, 4.69) is 9.97 Å². The highest BCUT2D eigenvalue weighted by atomic mass is 32.2. The van der Waals surface area contributed by atoms with E-state index < -0.39 is 0 Å². The molecule has 0 spiro atoms. The first kappa shape index (κ1) is 12.8. The smallest absolute Gasteiger partial charge is 0.166 e. The van der Waals surface area contributed by atoms with Gasteiger partial charge in [-0.3, -0.25) is 0 Å². The number of hydrogen-bond donors (Lipinski definition) is 1. The molecule has 1 saturated heterocycles. The fraction of sp³-hybridized carbons (Fsp3) is 0.500. The Morgan fingerprint density at radius 3 is 3.21 bits per heavy atom. The second kappa shape index (κ2) is 5.84. The van der Waals surface area contributed by atoms with Crippen molar-refractivity contribution in [3.63, 3.8) is 0 Å². The van der Waals surface area contributed by atoms with E-state index in [1.54, 1.807) is 18.9 Å². The van der Waals surface area contributed by atoms with Crippen LogP contribution in [0.2, 0.25) is 0 Å². The van der Waals surface area contributed by atoms with Crippen LogP contribution in [-0.4, -0.2) is 35.5 Å². The van der Waals surface area contributed by atoms with E-state index in [1.165, 1.54) is 19.3 Å². The second-order valence-corrected chi connectivity index (χ2v) is 5.73. The topological polar surface area (TPSA) is 47.1 Å².